The maximum Gasteiger partial charge on any atom is 0.270 e. The smallest absolute Gasteiger partial charge is 0.270 e. The highest BCUT2D eigenvalue weighted by molar-refractivity contribution is 5.98. The first-order valence-corrected chi connectivity index (χ1v) is 8.57. The Balaban J connectivity index is 1.56. The van der Waals surface area contributed by atoms with E-state index in [-0.39, 0.29) is 24.3 Å². The van der Waals surface area contributed by atoms with Gasteiger partial charge in [-0.25, -0.2) is 0 Å². The summed E-state index contributed by atoms with van der Waals surface area (Å²) in [6.07, 6.45) is 2.16. The van der Waals surface area contributed by atoms with Crippen LogP contribution in [-0.4, -0.2) is 43.9 Å². The van der Waals surface area contributed by atoms with Gasteiger partial charge in [0.15, 0.2) is 11.5 Å². The van der Waals surface area contributed by atoms with Crippen molar-refractivity contribution in [1.82, 2.24) is 15.6 Å². The van der Waals surface area contributed by atoms with E-state index in [2.05, 4.69) is 15.6 Å². The van der Waals surface area contributed by atoms with E-state index in [0.717, 1.165) is 12.0 Å². The van der Waals surface area contributed by atoms with Gasteiger partial charge in [0.1, 0.15) is 5.69 Å². The van der Waals surface area contributed by atoms with Gasteiger partial charge in [-0.3, -0.25) is 14.6 Å². The third-order valence-electron chi connectivity index (χ3n) is 3.96. The molecule has 1 aromatic heterocycles. The zero-order valence-electron chi connectivity index (χ0n) is 15.0. The fraction of sp³-hybridized carbons (Fsp3) is 0.316. The largest absolute Gasteiger partial charge is 0.454 e. The van der Waals surface area contributed by atoms with Crippen LogP contribution in [0.25, 0.3) is 0 Å². The Bertz CT molecular complexity index is 825. The maximum absolute atomic E-state index is 12.3. The van der Waals surface area contributed by atoms with Crippen molar-refractivity contribution in [2.45, 2.75) is 13.0 Å². The van der Waals surface area contributed by atoms with E-state index in [1.807, 2.05) is 12.1 Å². The standard InChI is InChI=1S/C19H21N3O5/c1-25-8-2-6-21-18(23)14-5-7-20-15(10-14)19(24)22-11-13-3-4-16-17(9-13)27-12-26-16/h3-5,7,9-10H,2,6,8,11-12H2,1H3,(H,21,23)(H,22,24). The van der Waals surface area contributed by atoms with Crippen LogP contribution < -0.4 is 20.1 Å². The number of pyridine rings is 1. The zero-order chi connectivity index (χ0) is 19.1. The van der Waals surface area contributed by atoms with E-state index in [9.17, 15) is 9.59 Å². The summed E-state index contributed by atoms with van der Waals surface area (Å²) < 4.78 is 15.5. The molecule has 8 heteroatoms. The van der Waals surface area contributed by atoms with Gasteiger partial charge in [0.05, 0.1) is 0 Å². The lowest BCUT2D eigenvalue weighted by Crippen LogP contribution is -2.27. The Labute approximate surface area is 156 Å². The number of ether oxygens (including phenoxy) is 3. The van der Waals surface area contributed by atoms with Crippen LogP contribution in [0, 0.1) is 0 Å². The van der Waals surface area contributed by atoms with Gasteiger partial charge in [-0.2, -0.15) is 0 Å². The number of hydrogen-bond acceptors (Lipinski definition) is 6. The highest BCUT2D eigenvalue weighted by atomic mass is 16.7. The second-order valence-electron chi connectivity index (χ2n) is 5.90. The number of nitrogens with one attached hydrogen (secondary N) is 2. The molecule has 0 spiro atoms. The van der Waals surface area contributed by atoms with Gasteiger partial charge >= 0.3 is 0 Å². The van der Waals surface area contributed by atoms with E-state index in [1.54, 1.807) is 19.2 Å². The van der Waals surface area contributed by atoms with Gasteiger partial charge in [0.25, 0.3) is 11.8 Å². The molecule has 3 rings (SSSR count). The summed E-state index contributed by atoms with van der Waals surface area (Å²) in [6.45, 7) is 1.59. The lowest BCUT2D eigenvalue weighted by molar-refractivity contribution is 0.0946. The lowest BCUT2D eigenvalue weighted by Gasteiger charge is -2.08. The van der Waals surface area contributed by atoms with Crippen LogP contribution in [0.3, 0.4) is 0 Å². The third kappa shape index (κ3) is 4.95. The minimum atomic E-state index is -0.360. The lowest BCUT2D eigenvalue weighted by atomic mass is 10.2. The van der Waals surface area contributed by atoms with Crippen molar-refractivity contribution >= 4 is 11.8 Å². The monoisotopic (exact) mass is 371 g/mol. The number of benzene rings is 1. The molecule has 0 aliphatic carbocycles. The summed E-state index contributed by atoms with van der Waals surface area (Å²) in [6, 6.07) is 8.52. The minimum Gasteiger partial charge on any atom is -0.454 e. The van der Waals surface area contributed by atoms with Crippen molar-refractivity contribution in [3.63, 3.8) is 0 Å². The first kappa shape index (κ1) is 18.7. The topological polar surface area (TPSA) is 98.8 Å². The Morgan fingerprint density at radius 1 is 1.11 bits per heavy atom. The van der Waals surface area contributed by atoms with Gasteiger partial charge in [0, 0.05) is 38.6 Å². The highest BCUT2D eigenvalue weighted by Crippen LogP contribution is 2.32. The SMILES string of the molecule is COCCCNC(=O)c1ccnc(C(=O)NCc2ccc3c(c2)OCO3)c1. The van der Waals surface area contributed by atoms with Crippen LogP contribution in [-0.2, 0) is 11.3 Å². The molecule has 2 amide bonds. The van der Waals surface area contributed by atoms with Gasteiger partial charge in [-0.05, 0) is 36.2 Å². The molecule has 1 aliphatic rings. The van der Waals surface area contributed by atoms with Crippen LogP contribution in [0.2, 0.25) is 0 Å². The zero-order valence-corrected chi connectivity index (χ0v) is 15.0. The van der Waals surface area contributed by atoms with Crippen molar-refractivity contribution in [3.8, 4) is 11.5 Å². The summed E-state index contributed by atoms with van der Waals surface area (Å²) in [5.74, 6) is 0.739. The van der Waals surface area contributed by atoms with Crippen LogP contribution in [0.15, 0.2) is 36.5 Å². The minimum absolute atomic E-state index is 0.181. The number of amides is 2. The normalized spacial score (nSPS) is 11.9. The van der Waals surface area contributed by atoms with Crippen molar-refractivity contribution in [1.29, 1.82) is 0 Å². The first-order chi connectivity index (χ1) is 13.2. The second kappa shape index (κ2) is 9.00. The fourth-order valence-electron chi connectivity index (χ4n) is 2.54. The molecule has 2 N–H and O–H groups in total. The number of rotatable bonds is 8. The number of nitrogens with zero attached hydrogens (tertiary/aromatic N) is 1. The average molecular weight is 371 g/mol. The molecular weight excluding hydrogens is 350 g/mol. The molecule has 1 aromatic carbocycles. The van der Waals surface area contributed by atoms with E-state index < -0.39 is 0 Å². The Hall–Kier alpha value is -3.13. The Kier molecular flexibility index (Phi) is 6.22. The molecule has 0 bridgehead atoms. The van der Waals surface area contributed by atoms with E-state index in [0.29, 0.717) is 36.8 Å². The van der Waals surface area contributed by atoms with E-state index >= 15 is 0 Å². The predicted octanol–water partition coefficient (Wildman–Crippen LogP) is 1.51. The van der Waals surface area contributed by atoms with Crippen LogP contribution >= 0.6 is 0 Å². The first-order valence-electron chi connectivity index (χ1n) is 8.57. The summed E-state index contributed by atoms with van der Waals surface area (Å²) in [7, 11) is 1.61. The molecule has 1 aliphatic heterocycles. The fourth-order valence-corrected chi connectivity index (χ4v) is 2.54. The molecule has 0 fully saturated rings. The van der Waals surface area contributed by atoms with Crippen molar-refractivity contribution in [2.24, 2.45) is 0 Å². The van der Waals surface area contributed by atoms with E-state index in [4.69, 9.17) is 14.2 Å². The number of carbonyl (C=O) groups excluding carboxylic acids is 2. The van der Waals surface area contributed by atoms with E-state index in [1.165, 1.54) is 12.3 Å². The number of carbonyl (C=O) groups is 2. The van der Waals surface area contributed by atoms with Gasteiger partial charge in [-0.15, -0.1) is 0 Å². The van der Waals surface area contributed by atoms with Gasteiger partial charge in [0.2, 0.25) is 6.79 Å². The molecule has 0 saturated heterocycles. The molecule has 27 heavy (non-hydrogen) atoms. The van der Waals surface area contributed by atoms with Crippen LogP contribution in [0.5, 0.6) is 11.5 Å². The number of aromatic nitrogens is 1. The van der Waals surface area contributed by atoms with Crippen molar-refractivity contribution in [2.75, 3.05) is 27.1 Å². The van der Waals surface area contributed by atoms with Crippen LogP contribution in [0.4, 0.5) is 0 Å². The Morgan fingerprint density at radius 3 is 2.81 bits per heavy atom. The van der Waals surface area contributed by atoms with Crippen molar-refractivity contribution in [3.05, 3.63) is 53.3 Å². The number of methoxy groups -OCH3 is 1. The van der Waals surface area contributed by atoms with Gasteiger partial charge < -0.3 is 24.8 Å². The molecule has 0 unspecified atom stereocenters. The predicted molar refractivity (Wildman–Crippen MR) is 96.8 cm³/mol. The molecule has 0 atom stereocenters. The maximum atomic E-state index is 12.3. The number of hydrogen-bond donors (Lipinski definition) is 2. The quantitative estimate of drug-likeness (QED) is 0.683. The number of fused-ring (bicyclic) bond motifs is 1. The molecule has 142 valence electrons. The molecule has 0 radical (unpaired) electrons. The Morgan fingerprint density at radius 2 is 1.96 bits per heavy atom. The molecule has 0 saturated carbocycles. The summed E-state index contributed by atoms with van der Waals surface area (Å²) in [4.78, 5) is 28.5. The molecular formula is C19H21N3O5. The molecule has 2 heterocycles. The van der Waals surface area contributed by atoms with Gasteiger partial charge in [-0.1, -0.05) is 6.07 Å². The highest BCUT2D eigenvalue weighted by Gasteiger charge is 2.15. The average Bonchev–Trinajstić information content (AvgIpc) is 3.17. The summed E-state index contributed by atoms with van der Waals surface area (Å²) >= 11 is 0. The second-order valence-corrected chi connectivity index (χ2v) is 5.90. The molecule has 2 aromatic rings. The van der Waals surface area contributed by atoms with Crippen molar-refractivity contribution < 1.29 is 23.8 Å². The summed E-state index contributed by atoms with van der Waals surface area (Å²) in [5.41, 5.74) is 1.44. The van der Waals surface area contributed by atoms with Crippen LogP contribution in [0.1, 0.15) is 32.8 Å². The third-order valence-corrected chi connectivity index (χ3v) is 3.96. The molecule has 8 nitrogen and oxygen atoms in total. The summed E-state index contributed by atoms with van der Waals surface area (Å²) in [5, 5.41) is 5.56.